The van der Waals surface area contributed by atoms with E-state index in [9.17, 15) is 4.79 Å². The molecule has 2 atom stereocenters. The molecule has 0 aromatic rings. The van der Waals surface area contributed by atoms with Gasteiger partial charge in [0.1, 0.15) is 5.54 Å². The average Bonchev–Trinajstić information content (AvgIpc) is 2.88. The molecule has 1 aliphatic carbocycles. The lowest BCUT2D eigenvalue weighted by Crippen LogP contribution is -2.59. The molecule has 80 valence electrons. The van der Waals surface area contributed by atoms with Crippen molar-refractivity contribution in [2.75, 3.05) is 12.3 Å². The molecule has 1 amide bonds. The second-order valence-corrected chi connectivity index (χ2v) is 5.87. The van der Waals surface area contributed by atoms with E-state index >= 15 is 0 Å². The Morgan fingerprint density at radius 3 is 2.79 bits per heavy atom. The van der Waals surface area contributed by atoms with Crippen LogP contribution >= 0.6 is 11.8 Å². The molecule has 2 unspecified atom stereocenters. The Labute approximate surface area is 89.2 Å². The summed E-state index contributed by atoms with van der Waals surface area (Å²) in [5.41, 5.74) is 5.09. The lowest BCUT2D eigenvalue weighted by molar-refractivity contribution is -0.124. The summed E-state index contributed by atoms with van der Waals surface area (Å²) in [6.07, 6.45) is 3.51. The number of carbonyl (C=O) groups is 1. The maximum absolute atomic E-state index is 11.5. The van der Waals surface area contributed by atoms with E-state index in [1.54, 1.807) is 0 Å². The van der Waals surface area contributed by atoms with Gasteiger partial charge in [-0.3, -0.25) is 4.79 Å². The summed E-state index contributed by atoms with van der Waals surface area (Å²) in [6.45, 7) is 3.07. The Morgan fingerprint density at radius 1 is 1.64 bits per heavy atom. The summed E-state index contributed by atoms with van der Waals surface area (Å²) >= 11 is 1.84. The topological polar surface area (TPSA) is 55.1 Å². The highest BCUT2D eigenvalue weighted by atomic mass is 32.2. The molecule has 0 spiro atoms. The molecule has 14 heavy (non-hydrogen) atoms. The van der Waals surface area contributed by atoms with Crippen LogP contribution in [0.15, 0.2) is 0 Å². The van der Waals surface area contributed by atoms with Crippen molar-refractivity contribution in [1.82, 2.24) is 5.32 Å². The van der Waals surface area contributed by atoms with Crippen LogP contribution < -0.4 is 11.1 Å². The van der Waals surface area contributed by atoms with Gasteiger partial charge in [0.05, 0.1) is 0 Å². The summed E-state index contributed by atoms with van der Waals surface area (Å²) in [5, 5.41) is 3.73. The van der Waals surface area contributed by atoms with Crippen molar-refractivity contribution in [2.24, 2.45) is 11.7 Å². The average molecular weight is 214 g/mol. The first-order chi connectivity index (χ1) is 6.65. The fraction of sp³-hybridized carbons (Fsp3) is 0.900. The Kier molecular flexibility index (Phi) is 2.75. The normalized spacial score (nSPS) is 37.4. The van der Waals surface area contributed by atoms with Crippen LogP contribution in [0.1, 0.15) is 26.2 Å². The van der Waals surface area contributed by atoms with E-state index in [0.717, 1.165) is 24.6 Å². The highest BCUT2D eigenvalue weighted by molar-refractivity contribution is 8.00. The number of rotatable bonds is 4. The molecule has 0 bridgehead atoms. The minimum Gasteiger partial charge on any atom is -0.368 e. The van der Waals surface area contributed by atoms with Crippen LogP contribution in [-0.4, -0.2) is 29.0 Å². The third-order valence-electron chi connectivity index (χ3n) is 3.40. The van der Waals surface area contributed by atoms with Gasteiger partial charge in [-0.1, -0.05) is 6.92 Å². The molecule has 0 aromatic carbocycles. The zero-order chi connectivity index (χ0) is 10.2. The zero-order valence-electron chi connectivity index (χ0n) is 8.58. The fourth-order valence-corrected chi connectivity index (χ4v) is 3.43. The third-order valence-corrected chi connectivity index (χ3v) is 4.74. The van der Waals surface area contributed by atoms with Gasteiger partial charge in [-0.15, -0.1) is 0 Å². The van der Waals surface area contributed by atoms with Crippen molar-refractivity contribution in [1.29, 1.82) is 0 Å². The van der Waals surface area contributed by atoms with Crippen LogP contribution in [0.25, 0.3) is 0 Å². The summed E-state index contributed by atoms with van der Waals surface area (Å²) in [5.74, 6) is 1.67. The van der Waals surface area contributed by atoms with Gasteiger partial charge in [-0.25, -0.2) is 0 Å². The van der Waals surface area contributed by atoms with Gasteiger partial charge < -0.3 is 11.1 Å². The van der Waals surface area contributed by atoms with Crippen molar-refractivity contribution in [3.63, 3.8) is 0 Å². The Balaban J connectivity index is 2.00. The second kappa shape index (κ2) is 3.74. The highest BCUT2D eigenvalue weighted by Gasteiger charge is 2.46. The van der Waals surface area contributed by atoms with Crippen molar-refractivity contribution >= 4 is 17.7 Å². The standard InChI is InChI=1S/C10H18N2OS/c1-7-10(9(11)13,4-5-14-7)12-6-8-2-3-8/h7-8,12H,2-6H2,1H3,(H2,11,13). The summed E-state index contributed by atoms with van der Waals surface area (Å²) in [6, 6.07) is 0. The number of carbonyl (C=O) groups excluding carboxylic acids is 1. The van der Waals surface area contributed by atoms with E-state index in [-0.39, 0.29) is 5.91 Å². The Morgan fingerprint density at radius 2 is 2.36 bits per heavy atom. The minimum atomic E-state index is -0.423. The van der Waals surface area contributed by atoms with Crippen LogP contribution in [-0.2, 0) is 4.79 Å². The molecule has 1 heterocycles. The van der Waals surface area contributed by atoms with Crippen LogP contribution in [0.2, 0.25) is 0 Å². The quantitative estimate of drug-likeness (QED) is 0.725. The molecular formula is C10H18N2OS. The Hall–Kier alpha value is -0.220. The fourth-order valence-electron chi connectivity index (χ4n) is 2.03. The first-order valence-corrected chi connectivity index (χ1v) is 6.36. The number of hydrogen-bond acceptors (Lipinski definition) is 3. The van der Waals surface area contributed by atoms with E-state index in [2.05, 4.69) is 12.2 Å². The molecular weight excluding hydrogens is 196 g/mol. The van der Waals surface area contributed by atoms with Crippen LogP contribution in [0.3, 0.4) is 0 Å². The molecule has 2 rings (SSSR count). The molecule has 0 radical (unpaired) electrons. The molecule has 2 fully saturated rings. The summed E-state index contributed by atoms with van der Waals surface area (Å²) in [7, 11) is 0. The molecule has 2 aliphatic rings. The maximum Gasteiger partial charge on any atom is 0.238 e. The smallest absolute Gasteiger partial charge is 0.238 e. The van der Waals surface area contributed by atoms with Crippen LogP contribution in [0, 0.1) is 5.92 Å². The van der Waals surface area contributed by atoms with E-state index in [0.29, 0.717) is 5.25 Å². The van der Waals surface area contributed by atoms with Crippen molar-refractivity contribution in [3.8, 4) is 0 Å². The molecule has 1 saturated carbocycles. The second-order valence-electron chi connectivity index (χ2n) is 4.42. The monoisotopic (exact) mass is 214 g/mol. The van der Waals surface area contributed by atoms with E-state index < -0.39 is 5.54 Å². The predicted molar refractivity (Wildman–Crippen MR) is 59.2 cm³/mol. The number of thioether (sulfide) groups is 1. The van der Waals surface area contributed by atoms with Gasteiger partial charge in [-0.05, 0) is 37.5 Å². The Bertz CT molecular complexity index is 242. The number of amides is 1. The molecule has 0 aromatic heterocycles. The van der Waals surface area contributed by atoms with Gasteiger partial charge >= 0.3 is 0 Å². The zero-order valence-corrected chi connectivity index (χ0v) is 9.40. The largest absolute Gasteiger partial charge is 0.368 e. The van der Waals surface area contributed by atoms with Gasteiger partial charge in [0.2, 0.25) is 5.91 Å². The van der Waals surface area contributed by atoms with Gasteiger partial charge in [0.25, 0.3) is 0 Å². The minimum absolute atomic E-state index is 0.171. The van der Waals surface area contributed by atoms with Gasteiger partial charge in [0, 0.05) is 5.25 Å². The summed E-state index contributed by atoms with van der Waals surface area (Å²) < 4.78 is 0. The lowest BCUT2D eigenvalue weighted by Gasteiger charge is -2.30. The van der Waals surface area contributed by atoms with Gasteiger partial charge in [-0.2, -0.15) is 11.8 Å². The predicted octanol–water partition coefficient (Wildman–Crippen LogP) is 0.735. The summed E-state index contributed by atoms with van der Waals surface area (Å²) in [4.78, 5) is 11.5. The number of nitrogens with one attached hydrogen (secondary N) is 1. The number of hydrogen-bond donors (Lipinski definition) is 2. The molecule has 4 heteroatoms. The third kappa shape index (κ3) is 1.77. The van der Waals surface area contributed by atoms with E-state index in [4.69, 9.17) is 5.73 Å². The lowest BCUT2D eigenvalue weighted by atomic mass is 9.91. The van der Waals surface area contributed by atoms with E-state index in [1.165, 1.54) is 12.8 Å². The van der Waals surface area contributed by atoms with Crippen LogP contribution in [0.4, 0.5) is 0 Å². The van der Waals surface area contributed by atoms with E-state index in [1.807, 2.05) is 11.8 Å². The van der Waals surface area contributed by atoms with Crippen molar-refractivity contribution in [3.05, 3.63) is 0 Å². The van der Waals surface area contributed by atoms with Crippen molar-refractivity contribution < 1.29 is 4.79 Å². The highest BCUT2D eigenvalue weighted by Crippen LogP contribution is 2.37. The number of primary amides is 1. The van der Waals surface area contributed by atoms with Crippen molar-refractivity contribution in [2.45, 2.75) is 37.0 Å². The first-order valence-electron chi connectivity index (χ1n) is 5.32. The number of nitrogens with two attached hydrogens (primary N) is 1. The SMILES string of the molecule is CC1SCCC1(NCC1CC1)C(N)=O. The first kappa shape index (κ1) is 10.3. The maximum atomic E-state index is 11.5. The molecule has 1 saturated heterocycles. The molecule has 3 N–H and O–H groups in total. The van der Waals surface area contributed by atoms with Crippen LogP contribution in [0.5, 0.6) is 0 Å². The molecule has 1 aliphatic heterocycles. The van der Waals surface area contributed by atoms with Gasteiger partial charge in [0.15, 0.2) is 0 Å². The molecule has 3 nitrogen and oxygen atoms in total.